The molecule has 2 aromatic heterocycles. The second-order valence-electron chi connectivity index (χ2n) is 14.9. The summed E-state index contributed by atoms with van der Waals surface area (Å²) in [6, 6.07) is 73.6. The normalized spacial score (nSPS) is 11.3. The fourth-order valence-corrected chi connectivity index (χ4v) is 8.05. The van der Waals surface area contributed by atoms with E-state index in [0.717, 1.165) is 66.7 Å². The van der Waals surface area contributed by atoms with Gasteiger partial charge in [0.2, 0.25) is 0 Å². The topological polar surface area (TPSA) is 64.5 Å². The molecule has 0 fully saturated rings. The van der Waals surface area contributed by atoms with Gasteiger partial charge in [-0.2, -0.15) is 0 Å². The smallest absolute Gasteiger partial charge is 0.164 e. The van der Waals surface area contributed by atoms with E-state index >= 15 is 0 Å². The summed E-state index contributed by atoms with van der Waals surface area (Å²) in [6.07, 6.45) is 0. The van der Waals surface area contributed by atoms with E-state index in [1.165, 1.54) is 21.5 Å². The van der Waals surface area contributed by atoms with Crippen LogP contribution in [0.4, 0.5) is 0 Å². The molecule has 5 heteroatoms. The molecule has 0 radical (unpaired) electrons. The highest BCUT2D eigenvalue weighted by Gasteiger charge is 2.18. The van der Waals surface area contributed by atoms with Gasteiger partial charge in [-0.1, -0.05) is 188 Å². The predicted octanol–water partition coefficient (Wildman–Crippen LogP) is 13.8. The maximum atomic E-state index is 5.22. The maximum absolute atomic E-state index is 5.22. The Morgan fingerprint density at radius 1 is 0.217 bits per heavy atom. The predicted molar refractivity (Wildman–Crippen MR) is 246 cm³/mol. The number of hydrogen-bond acceptors (Lipinski definition) is 5. The summed E-state index contributed by atoms with van der Waals surface area (Å²) in [7, 11) is 0. The van der Waals surface area contributed by atoms with E-state index in [1.54, 1.807) is 0 Å². The van der Waals surface area contributed by atoms with Crippen molar-refractivity contribution in [3.05, 3.63) is 212 Å². The van der Waals surface area contributed by atoms with Crippen LogP contribution >= 0.6 is 0 Å². The lowest BCUT2D eigenvalue weighted by molar-refractivity contribution is 1.07. The summed E-state index contributed by atoms with van der Waals surface area (Å²) in [5.41, 5.74) is 9.57. The van der Waals surface area contributed by atoms with E-state index in [2.05, 4.69) is 133 Å². The molecule has 280 valence electrons. The first-order valence-corrected chi connectivity index (χ1v) is 20.1. The lowest BCUT2D eigenvalue weighted by atomic mass is 9.94. The number of hydrogen-bond donors (Lipinski definition) is 0. The minimum absolute atomic E-state index is 0.611. The van der Waals surface area contributed by atoms with Crippen molar-refractivity contribution >= 4 is 32.3 Å². The van der Waals surface area contributed by atoms with Crippen LogP contribution in [0, 0.1) is 0 Å². The average molecular weight is 766 g/mol. The van der Waals surface area contributed by atoms with Crippen LogP contribution in [0.1, 0.15) is 0 Å². The molecule has 0 amide bonds. The van der Waals surface area contributed by atoms with Crippen molar-refractivity contribution in [3.63, 3.8) is 0 Å². The minimum atomic E-state index is 0.611. The van der Waals surface area contributed by atoms with E-state index in [9.17, 15) is 0 Å². The van der Waals surface area contributed by atoms with Gasteiger partial charge in [0.1, 0.15) is 0 Å². The summed E-state index contributed by atoms with van der Waals surface area (Å²) in [5.74, 6) is 2.52. The van der Waals surface area contributed by atoms with Crippen molar-refractivity contribution in [2.45, 2.75) is 0 Å². The molecule has 0 aliphatic heterocycles. The Morgan fingerprint density at radius 3 is 1.30 bits per heavy atom. The maximum Gasteiger partial charge on any atom is 0.164 e. The summed E-state index contributed by atoms with van der Waals surface area (Å²) in [6.45, 7) is 0. The van der Waals surface area contributed by atoms with Gasteiger partial charge >= 0.3 is 0 Å². The molecule has 0 aliphatic rings. The Hall–Kier alpha value is -8.15. The minimum Gasteiger partial charge on any atom is -0.228 e. The highest BCUT2D eigenvalue weighted by Crippen LogP contribution is 2.38. The molecule has 0 bridgehead atoms. The fourth-order valence-electron chi connectivity index (χ4n) is 8.05. The van der Waals surface area contributed by atoms with Crippen LogP contribution in [0.15, 0.2) is 212 Å². The zero-order valence-electron chi connectivity index (χ0n) is 32.4. The van der Waals surface area contributed by atoms with Crippen LogP contribution in [-0.2, 0) is 0 Å². The quantitative estimate of drug-likeness (QED) is 0.151. The molecular weight excluding hydrogens is 731 g/mol. The molecule has 9 aromatic carbocycles. The van der Waals surface area contributed by atoms with E-state index in [4.69, 9.17) is 24.9 Å². The molecule has 11 rings (SSSR count). The molecule has 0 aliphatic carbocycles. The fraction of sp³-hybridized carbons (Fsp3) is 0. The molecule has 11 aromatic rings. The summed E-state index contributed by atoms with van der Waals surface area (Å²) < 4.78 is 0. The summed E-state index contributed by atoms with van der Waals surface area (Å²) in [4.78, 5) is 25.6. The molecule has 0 spiro atoms. The lowest BCUT2D eigenvalue weighted by Crippen LogP contribution is -2.01. The molecular formula is C55H35N5. The second-order valence-corrected chi connectivity index (χ2v) is 14.9. The second kappa shape index (κ2) is 15.0. The number of nitrogens with zero attached hydrogens (tertiary/aromatic N) is 5. The molecule has 60 heavy (non-hydrogen) atoms. The summed E-state index contributed by atoms with van der Waals surface area (Å²) >= 11 is 0. The molecule has 0 unspecified atom stereocenters. The Morgan fingerprint density at radius 2 is 0.650 bits per heavy atom. The van der Waals surface area contributed by atoms with E-state index < -0.39 is 0 Å². The van der Waals surface area contributed by atoms with Crippen molar-refractivity contribution < 1.29 is 0 Å². The zero-order valence-corrected chi connectivity index (χ0v) is 32.4. The van der Waals surface area contributed by atoms with Crippen molar-refractivity contribution in [1.82, 2.24) is 24.9 Å². The Balaban J connectivity index is 1.04. The van der Waals surface area contributed by atoms with Crippen molar-refractivity contribution in [1.29, 1.82) is 0 Å². The third-order valence-electron chi connectivity index (χ3n) is 11.1. The largest absolute Gasteiger partial charge is 0.228 e. The molecule has 0 saturated heterocycles. The van der Waals surface area contributed by atoms with Gasteiger partial charge in [-0.05, 0) is 67.7 Å². The number of aromatic nitrogens is 5. The van der Waals surface area contributed by atoms with Gasteiger partial charge < -0.3 is 0 Å². The average Bonchev–Trinajstić information content (AvgIpc) is 3.34. The number of benzene rings is 9. The molecule has 0 atom stereocenters. The van der Waals surface area contributed by atoms with Crippen LogP contribution < -0.4 is 0 Å². The van der Waals surface area contributed by atoms with E-state index in [-0.39, 0.29) is 0 Å². The van der Waals surface area contributed by atoms with Crippen molar-refractivity contribution in [2.24, 2.45) is 0 Å². The first-order chi connectivity index (χ1) is 29.7. The highest BCUT2D eigenvalue weighted by atomic mass is 15.0. The van der Waals surface area contributed by atoms with Gasteiger partial charge in [0.15, 0.2) is 23.3 Å². The van der Waals surface area contributed by atoms with Crippen molar-refractivity contribution in [2.75, 3.05) is 0 Å². The molecule has 2 heterocycles. The monoisotopic (exact) mass is 765 g/mol. The summed E-state index contributed by atoms with van der Waals surface area (Å²) in [5, 5.41) is 7.11. The Kier molecular flexibility index (Phi) is 8.75. The van der Waals surface area contributed by atoms with E-state index in [0.29, 0.717) is 23.3 Å². The van der Waals surface area contributed by atoms with Gasteiger partial charge in [0, 0.05) is 33.4 Å². The lowest BCUT2D eigenvalue weighted by Gasteiger charge is -2.14. The third kappa shape index (κ3) is 6.64. The van der Waals surface area contributed by atoms with Crippen molar-refractivity contribution in [3.8, 4) is 79.2 Å². The standard InChI is InChI=1S/C55H35N5/c1-4-15-38(16-5-1)50-35-51(45-30-31-47-44(32-45)29-26-36-14-12-13-23-46(36)47)57-52(56-50)41-27-24-37(25-28-41)48-33-42-21-10-11-22-43(42)34-49(48)55-59-53(39-17-6-2-7-18-39)58-54(60-55)40-19-8-3-9-20-40/h1-35H. The van der Waals surface area contributed by atoms with Gasteiger partial charge in [-0.25, -0.2) is 24.9 Å². The van der Waals surface area contributed by atoms with Crippen LogP contribution in [0.2, 0.25) is 0 Å². The SMILES string of the molecule is c1ccc(-c2cc(-c3ccc4c(ccc5ccccc54)c3)nc(-c3ccc(-c4cc5ccccc5cc4-c4nc(-c5ccccc5)nc(-c5ccccc5)n4)cc3)n2)cc1. The van der Waals surface area contributed by atoms with Gasteiger partial charge in [0.25, 0.3) is 0 Å². The Labute approximate surface area is 347 Å². The molecule has 0 saturated carbocycles. The van der Waals surface area contributed by atoms with E-state index in [1.807, 2.05) is 78.9 Å². The molecule has 5 nitrogen and oxygen atoms in total. The number of fused-ring (bicyclic) bond motifs is 4. The molecule has 0 N–H and O–H groups in total. The van der Waals surface area contributed by atoms with Gasteiger partial charge in [-0.3, -0.25) is 0 Å². The van der Waals surface area contributed by atoms with Crippen LogP contribution in [0.25, 0.3) is 112 Å². The zero-order chi connectivity index (χ0) is 39.8. The first kappa shape index (κ1) is 35.0. The van der Waals surface area contributed by atoms with Crippen LogP contribution in [0.3, 0.4) is 0 Å². The van der Waals surface area contributed by atoms with Gasteiger partial charge in [-0.15, -0.1) is 0 Å². The van der Waals surface area contributed by atoms with Gasteiger partial charge in [0.05, 0.1) is 11.4 Å². The third-order valence-corrected chi connectivity index (χ3v) is 11.1. The Bertz CT molecular complexity index is 3290. The van der Waals surface area contributed by atoms with Crippen LogP contribution in [0.5, 0.6) is 0 Å². The number of rotatable bonds is 7. The van der Waals surface area contributed by atoms with Crippen LogP contribution in [-0.4, -0.2) is 24.9 Å². The first-order valence-electron chi connectivity index (χ1n) is 20.1. The highest BCUT2D eigenvalue weighted by molar-refractivity contribution is 6.08.